The molecule has 0 bridgehead atoms. The van der Waals surface area contributed by atoms with Crippen LogP contribution in [0.15, 0.2) is 15.4 Å². The Morgan fingerprint density at radius 1 is 1.44 bits per heavy atom. The standard InChI is InChI=1S/C11H14N4O3/c16-10-5-8(18-15-10)1-2-9-12-11(14-13-9)7-3-4-17-6-7/h5,7H,1-4,6H2,(H,15,16)(H,12,13,14)/t7-/m0/s1. The second-order valence-corrected chi connectivity index (χ2v) is 4.38. The zero-order chi connectivity index (χ0) is 12.4. The molecule has 3 rings (SSSR count). The fourth-order valence-corrected chi connectivity index (χ4v) is 2.03. The van der Waals surface area contributed by atoms with Crippen LogP contribution in [0.5, 0.6) is 0 Å². The predicted molar refractivity (Wildman–Crippen MR) is 61.3 cm³/mol. The molecular formula is C11H14N4O3. The van der Waals surface area contributed by atoms with Gasteiger partial charge in [0.15, 0.2) is 5.82 Å². The number of hydrogen-bond donors (Lipinski definition) is 2. The number of nitrogens with one attached hydrogen (secondary N) is 2. The monoisotopic (exact) mass is 250 g/mol. The van der Waals surface area contributed by atoms with Gasteiger partial charge in [-0.05, 0) is 6.42 Å². The summed E-state index contributed by atoms with van der Waals surface area (Å²) in [6, 6.07) is 1.45. The lowest BCUT2D eigenvalue weighted by molar-refractivity contribution is 0.193. The summed E-state index contributed by atoms with van der Waals surface area (Å²) in [6.45, 7) is 1.48. The first kappa shape index (κ1) is 11.2. The van der Waals surface area contributed by atoms with Crippen molar-refractivity contribution < 1.29 is 9.26 Å². The quantitative estimate of drug-likeness (QED) is 0.817. The van der Waals surface area contributed by atoms with Gasteiger partial charge in [-0.25, -0.2) is 4.98 Å². The maximum absolute atomic E-state index is 10.9. The summed E-state index contributed by atoms with van der Waals surface area (Å²) in [5.74, 6) is 2.56. The third-order valence-corrected chi connectivity index (χ3v) is 3.03. The zero-order valence-electron chi connectivity index (χ0n) is 9.81. The summed E-state index contributed by atoms with van der Waals surface area (Å²) in [5.41, 5.74) is -0.216. The van der Waals surface area contributed by atoms with Crippen molar-refractivity contribution in [2.45, 2.75) is 25.2 Å². The van der Waals surface area contributed by atoms with Crippen molar-refractivity contribution in [3.63, 3.8) is 0 Å². The van der Waals surface area contributed by atoms with E-state index in [0.29, 0.717) is 31.1 Å². The van der Waals surface area contributed by atoms with Gasteiger partial charge in [-0.1, -0.05) is 0 Å². The molecule has 18 heavy (non-hydrogen) atoms. The Morgan fingerprint density at radius 3 is 3.11 bits per heavy atom. The molecule has 1 aliphatic heterocycles. The molecule has 1 fully saturated rings. The van der Waals surface area contributed by atoms with E-state index in [1.807, 2.05) is 0 Å². The van der Waals surface area contributed by atoms with Crippen LogP contribution in [0.4, 0.5) is 0 Å². The summed E-state index contributed by atoms with van der Waals surface area (Å²) < 4.78 is 10.3. The normalized spacial score (nSPS) is 19.4. The van der Waals surface area contributed by atoms with E-state index in [4.69, 9.17) is 9.26 Å². The van der Waals surface area contributed by atoms with E-state index < -0.39 is 0 Å². The smallest absolute Gasteiger partial charge is 0.280 e. The van der Waals surface area contributed by atoms with Crippen LogP contribution in [-0.4, -0.2) is 33.6 Å². The molecule has 7 nitrogen and oxygen atoms in total. The van der Waals surface area contributed by atoms with Crippen LogP contribution in [-0.2, 0) is 17.6 Å². The minimum Gasteiger partial charge on any atom is -0.384 e. The van der Waals surface area contributed by atoms with Gasteiger partial charge in [0.05, 0.1) is 6.61 Å². The molecule has 2 aromatic heterocycles. The van der Waals surface area contributed by atoms with E-state index in [1.165, 1.54) is 6.07 Å². The number of hydrogen-bond acceptors (Lipinski definition) is 5. The van der Waals surface area contributed by atoms with Crippen LogP contribution in [0.25, 0.3) is 0 Å². The van der Waals surface area contributed by atoms with Crippen LogP contribution in [0.2, 0.25) is 0 Å². The number of aromatic nitrogens is 4. The van der Waals surface area contributed by atoms with Gasteiger partial charge in [0, 0.05) is 31.4 Å². The Kier molecular flexibility index (Phi) is 2.97. The average molecular weight is 250 g/mol. The van der Waals surface area contributed by atoms with Crippen LogP contribution in [0, 0.1) is 0 Å². The molecule has 2 N–H and O–H groups in total. The second-order valence-electron chi connectivity index (χ2n) is 4.38. The minimum absolute atomic E-state index is 0.216. The Bertz CT molecular complexity index is 565. The topological polar surface area (TPSA) is 96.8 Å². The van der Waals surface area contributed by atoms with E-state index in [9.17, 15) is 4.79 Å². The van der Waals surface area contributed by atoms with Crippen LogP contribution >= 0.6 is 0 Å². The van der Waals surface area contributed by atoms with E-state index in [2.05, 4.69) is 20.3 Å². The Labute approximate surface area is 103 Å². The molecule has 0 radical (unpaired) electrons. The van der Waals surface area contributed by atoms with E-state index in [0.717, 1.165) is 24.7 Å². The van der Waals surface area contributed by atoms with Crippen molar-refractivity contribution in [1.29, 1.82) is 0 Å². The summed E-state index contributed by atoms with van der Waals surface area (Å²) in [5, 5.41) is 9.37. The van der Waals surface area contributed by atoms with Gasteiger partial charge >= 0.3 is 0 Å². The SMILES string of the molecule is O=c1cc(CCc2nc([C@H]3CCOC3)n[nH]2)o[nH]1. The first-order valence-corrected chi connectivity index (χ1v) is 5.97. The van der Waals surface area contributed by atoms with Gasteiger partial charge in [0.25, 0.3) is 5.56 Å². The average Bonchev–Trinajstić information content (AvgIpc) is 3.07. The number of nitrogens with zero attached hydrogens (tertiary/aromatic N) is 2. The lowest BCUT2D eigenvalue weighted by Crippen LogP contribution is -2.00. The van der Waals surface area contributed by atoms with E-state index in [1.54, 1.807) is 0 Å². The molecule has 0 saturated carbocycles. The molecule has 3 heterocycles. The molecule has 2 aromatic rings. The highest BCUT2D eigenvalue weighted by molar-refractivity contribution is 5.02. The van der Waals surface area contributed by atoms with Crippen molar-refractivity contribution >= 4 is 0 Å². The zero-order valence-corrected chi connectivity index (χ0v) is 9.81. The molecular weight excluding hydrogens is 236 g/mol. The minimum atomic E-state index is -0.216. The molecule has 0 aliphatic carbocycles. The maximum Gasteiger partial charge on any atom is 0.280 e. The first-order valence-electron chi connectivity index (χ1n) is 5.97. The highest BCUT2D eigenvalue weighted by Crippen LogP contribution is 2.21. The molecule has 96 valence electrons. The fraction of sp³-hybridized carbons (Fsp3) is 0.545. The first-order chi connectivity index (χ1) is 8.81. The fourth-order valence-electron chi connectivity index (χ4n) is 2.03. The Hall–Kier alpha value is -1.89. The Balaban J connectivity index is 1.61. The number of aryl methyl sites for hydroxylation is 2. The largest absolute Gasteiger partial charge is 0.384 e. The van der Waals surface area contributed by atoms with Gasteiger partial charge in [-0.15, -0.1) is 0 Å². The molecule has 0 spiro atoms. The summed E-state index contributed by atoms with van der Waals surface area (Å²) in [6.07, 6.45) is 2.26. The number of ether oxygens (including phenoxy) is 1. The van der Waals surface area contributed by atoms with Gasteiger partial charge in [-0.3, -0.25) is 9.89 Å². The third kappa shape index (κ3) is 2.35. The molecule has 0 amide bonds. The maximum atomic E-state index is 10.9. The van der Waals surface area contributed by atoms with Crippen LogP contribution < -0.4 is 5.56 Å². The third-order valence-electron chi connectivity index (χ3n) is 3.03. The highest BCUT2D eigenvalue weighted by atomic mass is 16.5. The molecule has 7 heteroatoms. The van der Waals surface area contributed by atoms with Gasteiger partial charge in [0.1, 0.15) is 11.6 Å². The predicted octanol–water partition coefficient (Wildman–Crippen LogP) is 0.375. The summed E-state index contributed by atoms with van der Waals surface area (Å²) in [7, 11) is 0. The van der Waals surface area contributed by atoms with E-state index in [-0.39, 0.29) is 5.56 Å². The van der Waals surface area contributed by atoms with E-state index >= 15 is 0 Å². The molecule has 1 atom stereocenters. The number of rotatable bonds is 4. The van der Waals surface area contributed by atoms with Gasteiger partial charge < -0.3 is 9.26 Å². The highest BCUT2D eigenvalue weighted by Gasteiger charge is 2.21. The lowest BCUT2D eigenvalue weighted by atomic mass is 10.1. The van der Waals surface area contributed by atoms with Crippen molar-refractivity contribution in [3.8, 4) is 0 Å². The van der Waals surface area contributed by atoms with Crippen molar-refractivity contribution in [2.75, 3.05) is 13.2 Å². The van der Waals surface area contributed by atoms with Gasteiger partial charge in [0.2, 0.25) is 0 Å². The molecule has 1 saturated heterocycles. The second kappa shape index (κ2) is 4.77. The summed E-state index contributed by atoms with van der Waals surface area (Å²) >= 11 is 0. The van der Waals surface area contributed by atoms with Crippen molar-refractivity contribution in [1.82, 2.24) is 20.3 Å². The number of H-pyrrole nitrogens is 2. The van der Waals surface area contributed by atoms with Crippen LogP contribution in [0.3, 0.4) is 0 Å². The van der Waals surface area contributed by atoms with Crippen molar-refractivity contribution in [3.05, 3.63) is 33.8 Å². The molecule has 1 aliphatic rings. The lowest BCUT2D eigenvalue weighted by Gasteiger charge is -1.98. The number of aromatic amines is 2. The Morgan fingerprint density at radius 2 is 2.39 bits per heavy atom. The summed E-state index contributed by atoms with van der Waals surface area (Å²) in [4.78, 5) is 15.3. The molecule has 0 aromatic carbocycles. The van der Waals surface area contributed by atoms with Crippen LogP contribution in [0.1, 0.15) is 29.7 Å². The van der Waals surface area contributed by atoms with Crippen molar-refractivity contribution in [2.24, 2.45) is 0 Å². The molecule has 0 unspecified atom stereocenters. The van der Waals surface area contributed by atoms with Gasteiger partial charge in [-0.2, -0.15) is 10.3 Å².